The van der Waals surface area contributed by atoms with Crippen molar-refractivity contribution in [2.24, 2.45) is 0 Å². The highest BCUT2D eigenvalue weighted by Crippen LogP contribution is 2.18. The molecule has 0 aliphatic rings. The molecule has 1 aromatic rings. The average molecular weight is 351 g/mol. The number of nitrogens with zero attached hydrogens (tertiary/aromatic N) is 2. The van der Waals surface area contributed by atoms with Crippen molar-refractivity contribution in [3.8, 4) is 0 Å². The van der Waals surface area contributed by atoms with E-state index in [2.05, 4.69) is 25.7 Å². The fraction of sp³-hybridized carbons (Fsp3) is 0.455. The monoisotopic (exact) mass is 350 g/mol. The number of carbonyl (C=O) groups excluding carboxylic acids is 1. The minimum absolute atomic E-state index is 0.0189. The van der Waals surface area contributed by atoms with Gasteiger partial charge in [0, 0.05) is 30.0 Å². The van der Waals surface area contributed by atoms with Gasteiger partial charge in [0.1, 0.15) is 4.90 Å². The summed E-state index contributed by atoms with van der Waals surface area (Å²) in [5.74, 6) is -0.444. The number of esters is 1. The van der Waals surface area contributed by atoms with Gasteiger partial charge in [-0.2, -0.15) is 4.31 Å². The predicted octanol–water partition coefficient (Wildman–Crippen LogP) is 1.42. The Morgan fingerprint density at radius 3 is 2.68 bits per heavy atom. The first kappa shape index (κ1) is 16.1. The topological polar surface area (TPSA) is 76.6 Å². The van der Waals surface area contributed by atoms with Gasteiger partial charge in [-0.15, -0.1) is 0 Å². The van der Waals surface area contributed by atoms with Gasteiger partial charge in [0.15, 0.2) is 0 Å². The number of hydrogen-bond acceptors (Lipinski definition) is 5. The van der Waals surface area contributed by atoms with Gasteiger partial charge in [-0.05, 0) is 22.0 Å². The molecule has 0 spiro atoms. The summed E-state index contributed by atoms with van der Waals surface area (Å²) in [7, 11) is -2.38. The highest BCUT2D eigenvalue weighted by molar-refractivity contribution is 9.10. The molecule has 0 aromatic carbocycles. The Labute approximate surface area is 121 Å². The van der Waals surface area contributed by atoms with Gasteiger partial charge < -0.3 is 4.74 Å². The summed E-state index contributed by atoms with van der Waals surface area (Å²) in [5.41, 5.74) is 0. The molecular weight excluding hydrogens is 336 g/mol. The summed E-state index contributed by atoms with van der Waals surface area (Å²) in [6.45, 7) is 2.06. The van der Waals surface area contributed by atoms with E-state index < -0.39 is 16.0 Å². The van der Waals surface area contributed by atoms with E-state index >= 15 is 0 Å². The third kappa shape index (κ3) is 4.26. The third-order valence-corrected chi connectivity index (χ3v) is 4.84. The molecular formula is C11H15BrN2O4S. The van der Waals surface area contributed by atoms with Gasteiger partial charge in [0.05, 0.1) is 13.5 Å². The van der Waals surface area contributed by atoms with Crippen molar-refractivity contribution in [1.82, 2.24) is 9.29 Å². The van der Waals surface area contributed by atoms with E-state index in [0.29, 0.717) is 4.47 Å². The number of pyridine rings is 1. The van der Waals surface area contributed by atoms with Crippen molar-refractivity contribution < 1.29 is 17.9 Å². The van der Waals surface area contributed by atoms with Crippen molar-refractivity contribution >= 4 is 31.9 Å². The summed E-state index contributed by atoms with van der Waals surface area (Å²) < 4.78 is 31.0. The van der Waals surface area contributed by atoms with Crippen molar-refractivity contribution in [3.05, 3.63) is 22.9 Å². The Morgan fingerprint density at radius 2 is 2.16 bits per heavy atom. The van der Waals surface area contributed by atoms with E-state index in [1.165, 1.54) is 29.9 Å². The second kappa shape index (κ2) is 6.97. The smallest absolute Gasteiger partial charge is 0.306 e. The van der Waals surface area contributed by atoms with Gasteiger partial charge >= 0.3 is 5.97 Å². The van der Waals surface area contributed by atoms with Crippen molar-refractivity contribution in [3.63, 3.8) is 0 Å². The first-order valence-electron chi connectivity index (χ1n) is 5.59. The van der Waals surface area contributed by atoms with Gasteiger partial charge in [0.2, 0.25) is 10.0 Å². The number of methoxy groups -OCH3 is 1. The van der Waals surface area contributed by atoms with Crippen LogP contribution in [0.1, 0.15) is 13.3 Å². The van der Waals surface area contributed by atoms with E-state index in [9.17, 15) is 13.2 Å². The fourth-order valence-corrected chi connectivity index (χ4v) is 3.40. The third-order valence-electron chi connectivity index (χ3n) is 2.46. The van der Waals surface area contributed by atoms with Crippen LogP contribution >= 0.6 is 15.9 Å². The lowest BCUT2D eigenvalue weighted by molar-refractivity contribution is -0.140. The standard InChI is InChI=1S/C11H15BrN2O4S/c1-3-14(5-4-11(15)18-2)19(16,17)10-6-9(12)7-13-8-10/h6-8H,3-5H2,1-2H3. The minimum Gasteiger partial charge on any atom is -0.469 e. The zero-order chi connectivity index (χ0) is 14.5. The number of ether oxygens (including phenoxy) is 1. The number of halogens is 1. The second-order valence-corrected chi connectivity index (χ2v) is 6.52. The van der Waals surface area contributed by atoms with Crippen LogP contribution in [0.25, 0.3) is 0 Å². The number of aromatic nitrogens is 1. The van der Waals surface area contributed by atoms with Gasteiger partial charge in [-0.3, -0.25) is 9.78 Å². The summed E-state index contributed by atoms with van der Waals surface area (Å²) in [5, 5.41) is 0. The summed E-state index contributed by atoms with van der Waals surface area (Å²) >= 11 is 3.18. The molecule has 0 saturated carbocycles. The molecule has 1 heterocycles. The quantitative estimate of drug-likeness (QED) is 0.725. The van der Waals surface area contributed by atoms with Crippen LogP contribution in [0, 0.1) is 0 Å². The highest BCUT2D eigenvalue weighted by atomic mass is 79.9. The van der Waals surface area contributed by atoms with E-state index in [1.807, 2.05) is 0 Å². The Balaban J connectivity index is 2.93. The Kier molecular flexibility index (Phi) is 5.89. The van der Waals surface area contributed by atoms with E-state index in [-0.39, 0.29) is 24.4 Å². The molecule has 0 bridgehead atoms. The zero-order valence-electron chi connectivity index (χ0n) is 10.7. The highest BCUT2D eigenvalue weighted by Gasteiger charge is 2.24. The lowest BCUT2D eigenvalue weighted by Crippen LogP contribution is -2.33. The number of hydrogen-bond donors (Lipinski definition) is 0. The van der Waals surface area contributed by atoms with E-state index in [4.69, 9.17) is 0 Å². The van der Waals surface area contributed by atoms with Crippen LogP contribution in [0.5, 0.6) is 0 Å². The van der Waals surface area contributed by atoms with Crippen LogP contribution in [0.15, 0.2) is 27.8 Å². The Morgan fingerprint density at radius 1 is 1.47 bits per heavy atom. The summed E-state index contributed by atoms with van der Waals surface area (Å²) in [6.07, 6.45) is 2.80. The molecule has 8 heteroatoms. The van der Waals surface area contributed by atoms with Gasteiger partial charge in [-0.25, -0.2) is 8.42 Å². The largest absolute Gasteiger partial charge is 0.469 e. The van der Waals surface area contributed by atoms with Gasteiger partial charge in [-0.1, -0.05) is 6.92 Å². The van der Waals surface area contributed by atoms with Crippen LogP contribution in [-0.4, -0.2) is 43.9 Å². The fourth-order valence-electron chi connectivity index (χ4n) is 1.45. The molecule has 0 aliphatic heterocycles. The molecule has 19 heavy (non-hydrogen) atoms. The van der Waals surface area contributed by atoms with Crippen LogP contribution in [-0.2, 0) is 19.6 Å². The minimum atomic E-state index is -3.64. The predicted molar refractivity (Wildman–Crippen MR) is 73.0 cm³/mol. The summed E-state index contributed by atoms with van der Waals surface area (Å²) in [4.78, 5) is 15.0. The second-order valence-electron chi connectivity index (χ2n) is 3.66. The van der Waals surface area contributed by atoms with Crippen LogP contribution < -0.4 is 0 Å². The van der Waals surface area contributed by atoms with Crippen molar-refractivity contribution in [1.29, 1.82) is 0 Å². The molecule has 0 aliphatic carbocycles. The number of rotatable bonds is 6. The molecule has 0 amide bonds. The maximum Gasteiger partial charge on any atom is 0.306 e. The molecule has 0 unspecified atom stereocenters. The summed E-state index contributed by atoms with van der Waals surface area (Å²) in [6, 6.07) is 1.48. The number of sulfonamides is 1. The van der Waals surface area contributed by atoms with E-state index in [0.717, 1.165) is 0 Å². The maximum absolute atomic E-state index is 12.3. The molecule has 0 N–H and O–H groups in total. The zero-order valence-corrected chi connectivity index (χ0v) is 13.1. The van der Waals surface area contributed by atoms with Crippen molar-refractivity contribution in [2.45, 2.75) is 18.2 Å². The SMILES string of the molecule is CCN(CCC(=O)OC)S(=O)(=O)c1cncc(Br)c1. The lowest BCUT2D eigenvalue weighted by atomic mass is 10.4. The molecule has 0 fully saturated rings. The molecule has 0 atom stereocenters. The first-order chi connectivity index (χ1) is 8.91. The average Bonchev–Trinajstić information content (AvgIpc) is 2.38. The molecule has 106 valence electrons. The molecule has 0 radical (unpaired) electrons. The maximum atomic E-state index is 12.3. The van der Waals surface area contributed by atoms with Crippen LogP contribution in [0.2, 0.25) is 0 Å². The first-order valence-corrected chi connectivity index (χ1v) is 7.82. The Hall–Kier alpha value is -0.990. The van der Waals surface area contributed by atoms with E-state index in [1.54, 1.807) is 6.92 Å². The van der Waals surface area contributed by atoms with Crippen LogP contribution in [0.4, 0.5) is 0 Å². The normalized spacial score (nSPS) is 11.6. The Bertz CT molecular complexity index is 547. The molecule has 1 rings (SSSR count). The molecule has 6 nitrogen and oxygen atoms in total. The number of carbonyl (C=O) groups is 1. The van der Waals surface area contributed by atoms with Gasteiger partial charge in [0.25, 0.3) is 0 Å². The van der Waals surface area contributed by atoms with Crippen LogP contribution in [0.3, 0.4) is 0 Å². The lowest BCUT2D eigenvalue weighted by Gasteiger charge is -2.19. The molecule has 0 saturated heterocycles. The van der Waals surface area contributed by atoms with Crippen molar-refractivity contribution in [2.75, 3.05) is 20.2 Å². The molecule has 1 aromatic heterocycles.